The van der Waals surface area contributed by atoms with Crippen LogP contribution in [0.1, 0.15) is 67.7 Å². The van der Waals surface area contributed by atoms with E-state index in [-0.39, 0.29) is 0 Å². The maximum Gasteiger partial charge on any atom is 0.0701 e. The van der Waals surface area contributed by atoms with Crippen molar-refractivity contribution < 1.29 is 33.2 Å². The number of hydrogen-bond donors (Lipinski definition) is 0. The predicted molar refractivity (Wildman–Crippen MR) is 142 cm³/mol. The summed E-state index contributed by atoms with van der Waals surface area (Å²) in [5, 5.41) is 0. The Morgan fingerprint density at radius 3 is 1.35 bits per heavy atom. The minimum absolute atomic E-state index is 0.601. The molecule has 0 aliphatic carbocycles. The average molecular weight is 497 g/mol. The Bertz CT molecular complexity index is 304. The second-order valence-corrected chi connectivity index (χ2v) is 9.30. The topological polar surface area (TPSA) is 64.6 Å². The first-order valence-corrected chi connectivity index (χ1v) is 13.2. The van der Waals surface area contributed by atoms with E-state index in [1.165, 1.54) is 0 Å². The second kappa shape index (κ2) is 34.9. The van der Waals surface area contributed by atoms with Crippen molar-refractivity contribution in [2.45, 2.75) is 67.7 Å². The van der Waals surface area contributed by atoms with Gasteiger partial charge >= 0.3 is 0 Å². The lowest BCUT2D eigenvalue weighted by atomic mass is 10.1. The summed E-state index contributed by atoms with van der Waals surface area (Å²) in [5.74, 6) is 1.98. The highest BCUT2D eigenvalue weighted by Crippen LogP contribution is 1.98. The van der Waals surface area contributed by atoms with Crippen LogP contribution in [0, 0.1) is 17.8 Å². The molecule has 0 saturated heterocycles. The lowest BCUT2D eigenvalue weighted by Gasteiger charge is -2.06. The molecule has 0 aliphatic heterocycles. The molecule has 0 aromatic carbocycles. The van der Waals surface area contributed by atoms with Crippen molar-refractivity contribution >= 4 is 0 Å². The van der Waals surface area contributed by atoms with Crippen LogP contribution >= 0.6 is 0 Å². The third-order valence-corrected chi connectivity index (χ3v) is 3.90. The highest BCUT2D eigenvalue weighted by atomic mass is 16.5. The normalized spacial score (nSPS) is 10.9. The molecule has 0 aromatic rings. The molecule has 0 spiro atoms. The second-order valence-electron chi connectivity index (χ2n) is 9.30. The van der Waals surface area contributed by atoms with Gasteiger partial charge in [-0.3, -0.25) is 0 Å². The fourth-order valence-electron chi connectivity index (χ4n) is 2.09. The molecule has 0 aromatic heterocycles. The molecular formula is C27H60O7. The summed E-state index contributed by atoms with van der Waals surface area (Å²) in [6.07, 6.45) is 3.24. The van der Waals surface area contributed by atoms with Crippen LogP contribution in [0.15, 0.2) is 0 Å². The molecule has 0 heterocycles. The Morgan fingerprint density at radius 2 is 0.882 bits per heavy atom. The van der Waals surface area contributed by atoms with Gasteiger partial charge in [-0.25, -0.2) is 0 Å². The number of methoxy groups -OCH3 is 2. The monoisotopic (exact) mass is 496 g/mol. The summed E-state index contributed by atoms with van der Waals surface area (Å²) in [5.41, 5.74) is 0. The fraction of sp³-hybridized carbons (Fsp3) is 1.00. The quantitative estimate of drug-likeness (QED) is 0.184. The molecular weight excluding hydrogens is 436 g/mol. The van der Waals surface area contributed by atoms with Crippen LogP contribution in [0.2, 0.25) is 0 Å². The molecule has 0 bridgehead atoms. The molecule has 0 atom stereocenters. The van der Waals surface area contributed by atoms with Gasteiger partial charge in [0.25, 0.3) is 0 Å². The summed E-state index contributed by atoms with van der Waals surface area (Å²) in [6.45, 7) is 24.3. The molecule has 0 rings (SSSR count). The summed E-state index contributed by atoms with van der Waals surface area (Å²) >= 11 is 0. The van der Waals surface area contributed by atoms with Gasteiger partial charge in [-0.1, -0.05) is 48.5 Å². The van der Waals surface area contributed by atoms with E-state index in [9.17, 15) is 0 Å². The van der Waals surface area contributed by atoms with Crippen LogP contribution < -0.4 is 0 Å². The molecule has 0 saturated carbocycles. The Labute approximate surface area is 212 Å². The van der Waals surface area contributed by atoms with Crippen LogP contribution in [-0.4, -0.2) is 93.5 Å². The standard InChI is InChI=1S/C10H22O2.C9H20O3.C8H18O2/c1-4-6-11-8-9-12-7-5-10(2)3;1-9(2)8-12-7-6-11-5-4-10-3;1-8(2)7-10-6-4-5-9-3/h10H,4-9H2,1-3H3;9H,4-8H2,1-3H3;8H,4-7H2,1-3H3. The van der Waals surface area contributed by atoms with Crippen molar-refractivity contribution in [1.29, 1.82) is 0 Å². The van der Waals surface area contributed by atoms with Crippen LogP contribution in [-0.2, 0) is 33.2 Å². The molecule has 0 N–H and O–H groups in total. The molecule has 0 amide bonds. The van der Waals surface area contributed by atoms with E-state index in [0.717, 1.165) is 78.0 Å². The Hall–Kier alpha value is -0.280. The van der Waals surface area contributed by atoms with Crippen LogP contribution in [0.5, 0.6) is 0 Å². The van der Waals surface area contributed by atoms with Crippen molar-refractivity contribution in [3.05, 3.63) is 0 Å². The highest BCUT2D eigenvalue weighted by molar-refractivity contribution is 4.42. The predicted octanol–water partition coefficient (Wildman–Crippen LogP) is 5.49. The zero-order valence-electron chi connectivity index (χ0n) is 24.2. The molecule has 0 fully saturated rings. The van der Waals surface area contributed by atoms with Gasteiger partial charge in [-0.05, 0) is 37.0 Å². The lowest BCUT2D eigenvalue weighted by Crippen LogP contribution is -2.10. The van der Waals surface area contributed by atoms with Gasteiger partial charge in [0.15, 0.2) is 0 Å². The maximum atomic E-state index is 5.37. The van der Waals surface area contributed by atoms with Gasteiger partial charge in [0.05, 0.1) is 39.6 Å². The van der Waals surface area contributed by atoms with E-state index in [2.05, 4.69) is 48.5 Å². The Kier molecular flexibility index (Phi) is 39.2. The van der Waals surface area contributed by atoms with Crippen LogP contribution in [0.3, 0.4) is 0 Å². The van der Waals surface area contributed by atoms with E-state index < -0.39 is 0 Å². The molecule has 0 aliphatic rings. The summed E-state index contributed by atoms with van der Waals surface area (Å²) in [7, 11) is 3.38. The smallest absolute Gasteiger partial charge is 0.0701 e. The van der Waals surface area contributed by atoms with Gasteiger partial charge in [-0.15, -0.1) is 0 Å². The van der Waals surface area contributed by atoms with Crippen LogP contribution in [0.25, 0.3) is 0 Å². The van der Waals surface area contributed by atoms with Crippen LogP contribution in [0.4, 0.5) is 0 Å². The maximum absolute atomic E-state index is 5.37. The van der Waals surface area contributed by atoms with E-state index >= 15 is 0 Å². The first kappa shape index (κ1) is 38.3. The zero-order chi connectivity index (χ0) is 26.3. The highest BCUT2D eigenvalue weighted by Gasteiger charge is 1.94. The zero-order valence-corrected chi connectivity index (χ0v) is 24.2. The molecule has 7 nitrogen and oxygen atoms in total. The van der Waals surface area contributed by atoms with Gasteiger partial charge in [0.1, 0.15) is 0 Å². The summed E-state index contributed by atoms with van der Waals surface area (Å²) < 4.78 is 36.2. The lowest BCUT2D eigenvalue weighted by molar-refractivity contribution is 0.0184. The SMILES string of the molecule is CCCOCCOCCC(C)C.COCCCOCC(C)C.COCCOCCOCC(C)C. The Balaban J connectivity index is -0.000000426. The largest absolute Gasteiger partial charge is 0.385 e. The number of rotatable bonds is 22. The summed E-state index contributed by atoms with van der Waals surface area (Å²) in [4.78, 5) is 0. The van der Waals surface area contributed by atoms with Crippen molar-refractivity contribution in [1.82, 2.24) is 0 Å². The molecule has 0 radical (unpaired) electrons. The van der Waals surface area contributed by atoms with Crippen molar-refractivity contribution in [3.63, 3.8) is 0 Å². The average Bonchev–Trinajstić information content (AvgIpc) is 2.78. The van der Waals surface area contributed by atoms with Gasteiger partial charge in [0.2, 0.25) is 0 Å². The minimum atomic E-state index is 0.601. The first-order chi connectivity index (χ1) is 16.3. The van der Waals surface area contributed by atoms with Crippen molar-refractivity contribution in [3.8, 4) is 0 Å². The molecule has 0 unspecified atom stereocenters. The number of hydrogen-bond acceptors (Lipinski definition) is 7. The van der Waals surface area contributed by atoms with Crippen molar-refractivity contribution in [2.75, 3.05) is 93.5 Å². The van der Waals surface area contributed by atoms with E-state index in [4.69, 9.17) is 33.2 Å². The first-order valence-electron chi connectivity index (χ1n) is 13.2. The third kappa shape index (κ3) is 49.0. The number of ether oxygens (including phenoxy) is 7. The van der Waals surface area contributed by atoms with Gasteiger partial charge in [0, 0.05) is 53.9 Å². The van der Waals surface area contributed by atoms with Gasteiger partial charge in [-0.2, -0.15) is 0 Å². The third-order valence-electron chi connectivity index (χ3n) is 3.90. The molecule has 210 valence electrons. The van der Waals surface area contributed by atoms with E-state index in [0.29, 0.717) is 38.3 Å². The van der Waals surface area contributed by atoms with Crippen molar-refractivity contribution in [2.24, 2.45) is 17.8 Å². The van der Waals surface area contributed by atoms with E-state index in [1.807, 2.05) is 0 Å². The Morgan fingerprint density at radius 1 is 0.441 bits per heavy atom. The van der Waals surface area contributed by atoms with E-state index in [1.54, 1.807) is 14.2 Å². The molecule has 7 heteroatoms. The minimum Gasteiger partial charge on any atom is -0.385 e. The molecule has 34 heavy (non-hydrogen) atoms. The fourth-order valence-corrected chi connectivity index (χ4v) is 2.09. The summed E-state index contributed by atoms with van der Waals surface area (Å²) in [6, 6.07) is 0. The van der Waals surface area contributed by atoms with Gasteiger partial charge < -0.3 is 33.2 Å².